The van der Waals surface area contributed by atoms with Crippen molar-refractivity contribution in [1.82, 2.24) is 9.55 Å². The second kappa shape index (κ2) is 6.80. The number of fused-ring (bicyclic) bond motifs is 9. The highest BCUT2D eigenvalue weighted by Crippen LogP contribution is 2.45. The number of hydrogen-bond donors (Lipinski definition) is 0. The molecular formula is C29H15ClN2S2. The van der Waals surface area contributed by atoms with Gasteiger partial charge in [-0.1, -0.05) is 83.6 Å². The Hall–Kier alpha value is -3.44. The van der Waals surface area contributed by atoms with Crippen LogP contribution in [0.5, 0.6) is 0 Å². The van der Waals surface area contributed by atoms with Gasteiger partial charge in [0.15, 0.2) is 5.13 Å². The molecule has 3 heterocycles. The zero-order valence-electron chi connectivity index (χ0n) is 17.7. The third kappa shape index (κ3) is 2.48. The molecule has 3 aromatic heterocycles. The van der Waals surface area contributed by atoms with Crippen LogP contribution in [0.1, 0.15) is 0 Å². The minimum Gasteiger partial charge on any atom is -0.285 e. The van der Waals surface area contributed by atoms with Crippen LogP contribution in [0.4, 0.5) is 0 Å². The molecule has 0 saturated carbocycles. The first-order chi connectivity index (χ1) is 16.8. The second-order valence-corrected chi connectivity index (χ2v) is 11.0. The molecular weight excluding hydrogens is 476 g/mol. The van der Waals surface area contributed by atoms with E-state index in [2.05, 4.69) is 89.5 Å². The fourth-order valence-corrected chi connectivity index (χ4v) is 7.81. The maximum Gasteiger partial charge on any atom is 0.195 e. The smallest absolute Gasteiger partial charge is 0.195 e. The SMILES string of the molecule is Clc1cc2nc(-n3c4ccccc4c4cc5ccccc5cc43)sc2c2c1sc1ccccc12. The summed E-state index contributed by atoms with van der Waals surface area (Å²) in [7, 11) is 0. The number of para-hydroxylation sites is 1. The van der Waals surface area contributed by atoms with Crippen LogP contribution in [0.15, 0.2) is 91.0 Å². The molecule has 160 valence electrons. The van der Waals surface area contributed by atoms with Crippen molar-refractivity contribution in [1.29, 1.82) is 0 Å². The Morgan fingerprint density at radius 1 is 0.647 bits per heavy atom. The van der Waals surface area contributed by atoms with Gasteiger partial charge in [-0.05, 0) is 41.1 Å². The molecule has 0 spiro atoms. The van der Waals surface area contributed by atoms with Gasteiger partial charge in [0.05, 0.1) is 31.0 Å². The molecule has 0 fully saturated rings. The first-order valence-corrected chi connectivity index (χ1v) is 13.1. The van der Waals surface area contributed by atoms with Gasteiger partial charge in [0.25, 0.3) is 0 Å². The lowest BCUT2D eigenvalue weighted by atomic mass is 10.1. The van der Waals surface area contributed by atoms with E-state index in [4.69, 9.17) is 16.6 Å². The average molecular weight is 491 g/mol. The zero-order chi connectivity index (χ0) is 22.4. The van der Waals surface area contributed by atoms with Crippen LogP contribution in [0.2, 0.25) is 5.02 Å². The molecule has 0 bridgehead atoms. The van der Waals surface area contributed by atoms with E-state index in [0.29, 0.717) is 0 Å². The molecule has 0 aliphatic carbocycles. The fraction of sp³-hybridized carbons (Fsp3) is 0. The van der Waals surface area contributed by atoms with Crippen LogP contribution in [-0.4, -0.2) is 9.55 Å². The van der Waals surface area contributed by atoms with Crippen molar-refractivity contribution in [3.05, 3.63) is 96.0 Å². The van der Waals surface area contributed by atoms with Crippen molar-refractivity contribution in [2.45, 2.75) is 0 Å². The predicted molar refractivity (Wildman–Crippen MR) is 149 cm³/mol. The third-order valence-corrected chi connectivity index (χ3v) is 9.36. The highest BCUT2D eigenvalue weighted by Gasteiger charge is 2.19. The molecule has 34 heavy (non-hydrogen) atoms. The Morgan fingerprint density at radius 3 is 2.26 bits per heavy atom. The number of halogens is 1. The monoisotopic (exact) mass is 490 g/mol. The van der Waals surface area contributed by atoms with Crippen molar-refractivity contribution >= 4 is 97.2 Å². The molecule has 0 saturated heterocycles. The molecule has 0 radical (unpaired) electrons. The Labute approximate surface area is 207 Å². The first-order valence-electron chi connectivity index (χ1n) is 11.1. The molecule has 8 rings (SSSR count). The molecule has 0 N–H and O–H groups in total. The van der Waals surface area contributed by atoms with Gasteiger partial charge in [-0.3, -0.25) is 4.57 Å². The minimum absolute atomic E-state index is 0.772. The van der Waals surface area contributed by atoms with E-state index in [1.54, 1.807) is 22.7 Å². The quantitative estimate of drug-likeness (QED) is 0.224. The molecule has 0 aliphatic heterocycles. The van der Waals surface area contributed by atoms with Crippen molar-refractivity contribution in [2.24, 2.45) is 0 Å². The van der Waals surface area contributed by atoms with Crippen LogP contribution < -0.4 is 0 Å². The molecule has 0 unspecified atom stereocenters. The van der Waals surface area contributed by atoms with E-state index in [1.165, 1.54) is 52.8 Å². The van der Waals surface area contributed by atoms with E-state index in [1.807, 2.05) is 6.07 Å². The number of thiazole rings is 1. The maximum absolute atomic E-state index is 6.77. The molecule has 8 aromatic rings. The normalized spacial score (nSPS) is 12.3. The summed E-state index contributed by atoms with van der Waals surface area (Å²) in [6.07, 6.45) is 0. The third-order valence-electron chi connectivity index (χ3n) is 6.68. The lowest BCUT2D eigenvalue weighted by Gasteiger charge is -2.04. The lowest BCUT2D eigenvalue weighted by molar-refractivity contribution is 1.15. The van der Waals surface area contributed by atoms with E-state index >= 15 is 0 Å². The topological polar surface area (TPSA) is 17.8 Å². The Morgan fingerprint density at radius 2 is 1.38 bits per heavy atom. The number of hydrogen-bond acceptors (Lipinski definition) is 3. The van der Waals surface area contributed by atoms with Crippen LogP contribution in [0, 0.1) is 0 Å². The molecule has 0 aliphatic rings. The predicted octanol–water partition coefficient (Wildman–Crippen LogP) is 9.57. The molecule has 0 amide bonds. The fourth-order valence-electron chi connectivity index (χ4n) is 5.18. The van der Waals surface area contributed by atoms with Gasteiger partial charge in [0.1, 0.15) is 0 Å². The van der Waals surface area contributed by atoms with E-state index in [0.717, 1.165) is 20.4 Å². The van der Waals surface area contributed by atoms with Gasteiger partial charge in [-0.15, -0.1) is 11.3 Å². The first kappa shape index (κ1) is 18.9. The van der Waals surface area contributed by atoms with Crippen LogP contribution >= 0.6 is 34.3 Å². The average Bonchev–Trinajstić information content (AvgIpc) is 3.54. The van der Waals surface area contributed by atoms with Crippen molar-refractivity contribution in [3.63, 3.8) is 0 Å². The van der Waals surface area contributed by atoms with E-state index < -0.39 is 0 Å². The summed E-state index contributed by atoms with van der Waals surface area (Å²) < 4.78 is 5.90. The van der Waals surface area contributed by atoms with Crippen LogP contribution in [-0.2, 0) is 0 Å². The Kier molecular flexibility index (Phi) is 3.78. The summed E-state index contributed by atoms with van der Waals surface area (Å²) in [5.74, 6) is 0. The Balaban J connectivity index is 1.53. The zero-order valence-corrected chi connectivity index (χ0v) is 20.1. The number of aromatic nitrogens is 2. The van der Waals surface area contributed by atoms with Crippen molar-refractivity contribution in [3.8, 4) is 5.13 Å². The van der Waals surface area contributed by atoms with Gasteiger partial charge < -0.3 is 0 Å². The second-order valence-electron chi connectivity index (χ2n) is 8.57. The summed E-state index contributed by atoms with van der Waals surface area (Å²) in [5, 5.41) is 9.18. The molecule has 5 heteroatoms. The number of nitrogens with zero attached hydrogens (tertiary/aromatic N) is 2. The van der Waals surface area contributed by atoms with Gasteiger partial charge in [-0.25, -0.2) is 4.98 Å². The lowest BCUT2D eigenvalue weighted by Crippen LogP contribution is -1.92. The molecule has 0 atom stereocenters. The Bertz CT molecular complexity index is 2090. The van der Waals surface area contributed by atoms with Gasteiger partial charge >= 0.3 is 0 Å². The van der Waals surface area contributed by atoms with Crippen molar-refractivity contribution in [2.75, 3.05) is 0 Å². The van der Waals surface area contributed by atoms with Gasteiger partial charge in [-0.2, -0.15) is 0 Å². The summed E-state index contributed by atoms with van der Waals surface area (Å²) in [4.78, 5) is 5.13. The summed E-state index contributed by atoms with van der Waals surface area (Å²) >= 11 is 10.3. The number of thiophene rings is 1. The minimum atomic E-state index is 0.772. The molecule has 2 nitrogen and oxygen atoms in total. The summed E-state index contributed by atoms with van der Waals surface area (Å²) in [6.45, 7) is 0. The summed E-state index contributed by atoms with van der Waals surface area (Å²) in [5.41, 5.74) is 3.30. The highest BCUT2D eigenvalue weighted by atomic mass is 35.5. The van der Waals surface area contributed by atoms with E-state index in [9.17, 15) is 0 Å². The van der Waals surface area contributed by atoms with Crippen LogP contribution in [0.25, 0.3) is 68.1 Å². The van der Waals surface area contributed by atoms with Gasteiger partial charge in [0, 0.05) is 26.2 Å². The van der Waals surface area contributed by atoms with Crippen molar-refractivity contribution < 1.29 is 0 Å². The van der Waals surface area contributed by atoms with Crippen LogP contribution in [0.3, 0.4) is 0 Å². The largest absolute Gasteiger partial charge is 0.285 e. The summed E-state index contributed by atoms with van der Waals surface area (Å²) in [6, 6.07) is 32.3. The maximum atomic E-state index is 6.77. The highest BCUT2D eigenvalue weighted by molar-refractivity contribution is 7.28. The number of benzene rings is 5. The van der Waals surface area contributed by atoms with E-state index in [-0.39, 0.29) is 0 Å². The van der Waals surface area contributed by atoms with Gasteiger partial charge in [0.2, 0.25) is 0 Å². The molecule has 5 aromatic carbocycles. The standard InChI is InChI=1S/C29H15ClN2S2/c30-21-15-22-28(26-19-10-4-6-12-25(19)33-27(21)26)34-29(31-22)32-23-11-5-3-9-18(23)20-13-16-7-1-2-8-17(16)14-24(20)32/h1-15H. The number of rotatable bonds is 1.